The molecule has 0 fully saturated rings. The lowest BCUT2D eigenvalue weighted by Crippen LogP contribution is -2.15. The van der Waals surface area contributed by atoms with E-state index in [-0.39, 0.29) is 28.1 Å². The van der Waals surface area contributed by atoms with Crippen molar-refractivity contribution >= 4 is 62.8 Å². The zero-order valence-corrected chi connectivity index (χ0v) is 17.8. The van der Waals surface area contributed by atoms with Crippen molar-refractivity contribution in [3.63, 3.8) is 0 Å². The van der Waals surface area contributed by atoms with Gasteiger partial charge in [-0.3, -0.25) is 14.9 Å². The normalized spacial score (nSPS) is 10.6. The van der Waals surface area contributed by atoms with Crippen LogP contribution < -0.4 is 10.6 Å². The number of nitro benzene ring substituents is 1. The minimum absolute atomic E-state index is 0.0396. The first-order valence-corrected chi connectivity index (χ1v) is 10.5. The van der Waals surface area contributed by atoms with Crippen LogP contribution in [0.3, 0.4) is 0 Å². The van der Waals surface area contributed by atoms with Crippen molar-refractivity contribution in [2.75, 3.05) is 16.4 Å². The summed E-state index contributed by atoms with van der Waals surface area (Å²) in [7, 11) is 0. The second kappa shape index (κ2) is 9.21. The number of nitro groups is 1. The van der Waals surface area contributed by atoms with E-state index in [0.29, 0.717) is 9.47 Å². The lowest BCUT2D eigenvalue weighted by Gasteiger charge is -2.08. The first-order chi connectivity index (χ1) is 13.8. The van der Waals surface area contributed by atoms with Gasteiger partial charge in [0.15, 0.2) is 4.34 Å². The molecule has 2 aromatic carbocycles. The van der Waals surface area contributed by atoms with Crippen molar-refractivity contribution in [3.05, 3.63) is 62.7 Å². The molecule has 2 N–H and O–H groups in total. The Hall–Kier alpha value is -2.69. The van der Waals surface area contributed by atoms with Gasteiger partial charge in [-0.25, -0.2) is 0 Å². The quantitative estimate of drug-likeness (QED) is 0.290. The maximum atomic E-state index is 12.2. The molecule has 3 rings (SSSR count). The van der Waals surface area contributed by atoms with Crippen LogP contribution in [0.5, 0.6) is 0 Å². The Morgan fingerprint density at radius 2 is 2.03 bits per heavy atom. The Morgan fingerprint density at radius 3 is 2.79 bits per heavy atom. The van der Waals surface area contributed by atoms with Crippen LogP contribution >= 0.6 is 34.7 Å². The number of aromatic nitrogens is 2. The van der Waals surface area contributed by atoms with Crippen molar-refractivity contribution in [1.82, 2.24) is 10.2 Å². The maximum Gasteiger partial charge on any atom is 0.294 e. The molecular formula is C18H16ClN5O3S2. The third-order valence-electron chi connectivity index (χ3n) is 4.01. The van der Waals surface area contributed by atoms with Crippen LogP contribution in [-0.2, 0) is 4.79 Å². The standard InChI is InChI=1S/C18H16ClN5O3S2/c1-10-4-3-5-13(11(10)2)21-17-22-23-18(29-17)28-9-16(25)20-14-7-6-12(19)8-15(14)24(26)27/h3-8H,9H2,1-2H3,(H,20,25)(H,21,22). The molecule has 1 aromatic heterocycles. The highest BCUT2D eigenvalue weighted by molar-refractivity contribution is 8.01. The fourth-order valence-corrected chi connectivity index (χ4v) is 4.13. The molecular weight excluding hydrogens is 434 g/mol. The molecule has 0 saturated heterocycles. The van der Waals surface area contributed by atoms with Crippen LogP contribution in [0.2, 0.25) is 5.02 Å². The van der Waals surface area contributed by atoms with Gasteiger partial charge in [-0.2, -0.15) is 0 Å². The summed E-state index contributed by atoms with van der Waals surface area (Å²) in [6.45, 7) is 4.06. The molecule has 29 heavy (non-hydrogen) atoms. The molecule has 3 aromatic rings. The van der Waals surface area contributed by atoms with E-state index in [4.69, 9.17) is 11.6 Å². The summed E-state index contributed by atoms with van der Waals surface area (Å²) in [6.07, 6.45) is 0. The zero-order valence-electron chi connectivity index (χ0n) is 15.4. The Morgan fingerprint density at radius 1 is 1.24 bits per heavy atom. The summed E-state index contributed by atoms with van der Waals surface area (Å²) in [5.41, 5.74) is 3.08. The number of thioether (sulfide) groups is 1. The summed E-state index contributed by atoms with van der Waals surface area (Å²) in [6, 6.07) is 10.0. The van der Waals surface area contributed by atoms with E-state index in [2.05, 4.69) is 20.8 Å². The van der Waals surface area contributed by atoms with Crippen LogP contribution in [0, 0.1) is 24.0 Å². The van der Waals surface area contributed by atoms with Crippen molar-refractivity contribution in [3.8, 4) is 0 Å². The first kappa shape index (κ1) is 21.0. The van der Waals surface area contributed by atoms with Gasteiger partial charge in [0.2, 0.25) is 11.0 Å². The highest BCUT2D eigenvalue weighted by Crippen LogP contribution is 2.31. The number of aryl methyl sites for hydroxylation is 1. The second-order valence-corrected chi connectivity index (χ2v) is 8.64. The molecule has 0 aliphatic rings. The highest BCUT2D eigenvalue weighted by Gasteiger charge is 2.17. The smallest absolute Gasteiger partial charge is 0.294 e. The molecule has 11 heteroatoms. The molecule has 0 radical (unpaired) electrons. The monoisotopic (exact) mass is 449 g/mol. The van der Waals surface area contributed by atoms with E-state index in [0.717, 1.165) is 11.3 Å². The van der Waals surface area contributed by atoms with Gasteiger partial charge >= 0.3 is 0 Å². The Bertz CT molecular complexity index is 1070. The van der Waals surface area contributed by atoms with Crippen LogP contribution in [0.4, 0.5) is 22.2 Å². The third-order valence-corrected chi connectivity index (χ3v) is 6.22. The van der Waals surface area contributed by atoms with E-state index in [1.807, 2.05) is 32.0 Å². The third kappa shape index (κ3) is 5.43. The SMILES string of the molecule is Cc1cccc(Nc2nnc(SCC(=O)Nc3ccc(Cl)cc3[N+](=O)[O-])s2)c1C. The summed E-state index contributed by atoms with van der Waals surface area (Å²) in [5, 5.41) is 25.9. The van der Waals surface area contributed by atoms with E-state index in [1.54, 1.807) is 0 Å². The molecule has 0 aliphatic heterocycles. The predicted molar refractivity (Wildman–Crippen MR) is 117 cm³/mol. The average molecular weight is 450 g/mol. The van der Waals surface area contributed by atoms with Gasteiger partial charge in [0.05, 0.1) is 10.7 Å². The fourth-order valence-electron chi connectivity index (χ4n) is 2.40. The van der Waals surface area contributed by atoms with E-state index in [9.17, 15) is 14.9 Å². The molecule has 0 bridgehead atoms. The molecule has 0 unspecified atom stereocenters. The van der Waals surface area contributed by atoms with Crippen LogP contribution in [0.1, 0.15) is 11.1 Å². The number of benzene rings is 2. The minimum Gasteiger partial charge on any atom is -0.330 e. The second-order valence-electron chi connectivity index (χ2n) is 6.00. The first-order valence-electron chi connectivity index (χ1n) is 8.37. The van der Waals surface area contributed by atoms with Crippen molar-refractivity contribution in [2.45, 2.75) is 18.2 Å². The summed E-state index contributed by atoms with van der Waals surface area (Å²) in [5.74, 6) is -0.350. The average Bonchev–Trinajstić information content (AvgIpc) is 3.12. The number of halogens is 1. The molecule has 150 valence electrons. The number of amides is 1. The van der Waals surface area contributed by atoms with E-state index in [1.165, 1.54) is 46.9 Å². The number of anilines is 3. The van der Waals surface area contributed by atoms with Gasteiger partial charge < -0.3 is 10.6 Å². The molecule has 8 nitrogen and oxygen atoms in total. The molecule has 1 amide bonds. The van der Waals surface area contributed by atoms with Gasteiger partial charge in [-0.1, -0.05) is 46.8 Å². The molecule has 0 saturated carbocycles. The van der Waals surface area contributed by atoms with Crippen LogP contribution in [0.15, 0.2) is 40.7 Å². The number of carbonyl (C=O) groups excluding carboxylic acids is 1. The Labute approximate surface area is 179 Å². The van der Waals surface area contributed by atoms with E-state index >= 15 is 0 Å². The topological polar surface area (TPSA) is 110 Å². The van der Waals surface area contributed by atoms with Gasteiger partial charge in [-0.15, -0.1) is 10.2 Å². The lowest BCUT2D eigenvalue weighted by molar-refractivity contribution is -0.383. The van der Waals surface area contributed by atoms with Crippen molar-refractivity contribution < 1.29 is 9.72 Å². The molecule has 0 atom stereocenters. The van der Waals surface area contributed by atoms with Gasteiger partial charge in [0, 0.05) is 16.8 Å². The van der Waals surface area contributed by atoms with E-state index < -0.39 is 4.92 Å². The summed E-state index contributed by atoms with van der Waals surface area (Å²) < 4.78 is 0.610. The lowest BCUT2D eigenvalue weighted by atomic mass is 10.1. The number of rotatable bonds is 7. The van der Waals surface area contributed by atoms with Crippen molar-refractivity contribution in [2.24, 2.45) is 0 Å². The molecule has 0 spiro atoms. The van der Waals surface area contributed by atoms with Gasteiger partial charge in [0.1, 0.15) is 5.69 Å². The number of hydrogen-bond acceptors (Lipinski definition) is 8. The van der Waals surface area contributed by atoms with Crippen molar-refractivity contribution in [1.29, 1.82) is 0 Å². The molecule has 0 aliphatic carbocycles. The van der Waals surface area contributed by atoms with Crippen LogP contribution in [0.25, 0.3) is 0 Å². The number of nitrogens with zero attached hydrogens (tertiary/aromatic N) is 3. The number of carbonyl (C=O) groups is 1. The predicted octanol–water partition coefficient (Wildman–Crippen LogP) is 5.19. The largest absolute Gasteiger partial charge is 0.330 e. The number of hydrogen-bond donors (Lipinski definition) is 2. The summed E-state index contributed by atoms with van der Waals surface area (Å²) in [4.78, 5) is 22.7. The maximum absolute atomic E-state index is 12.2. The Balaban J connectivity index is 1.59. The number of nitrogens with one attached hydrogen (secondary N) is 2. The minimum atomic E-state index is -0.593. The van der Waals surface area contributed by atoms with Crippen LogP contribution in [-0.4, -0.2) is 26.8 Å². The zero-order chi connectivity index (χ0) is 21.0. The summed E-state index contributed by atoms with van der Waals surface area (Å²) >= 11 is 8.30. The fraction of sp³-hybridized carbons (Fsp3) is 0.167. The Kier molecular flexibility index (Phi) is 6.68. The highest BCUT2D eigenvalue weighted by atomic mass is 35.5. The van der Waals surface area contributed by atoms with Gasteiger partial charge in [0.25, 0.3) is 5.69 Å². The van der Waals surface area contributed by atoms with Gasteiger partial charge in [-0.05, 0) is 43.2 Å². The molecule has 1 heterocycles.